The lowest BCUT2D eigenvalue weighted by Crippen LogP contribution is -2.43. The zero-order valence-electron chi connectivity index (χ0n) is 11.8. The first kappa shape index (κ1) is 15.1. The number of carbonyl (C=O) groups is 1. The molecule has 20 heavy (non-hydrogen) atoms. The van der Waals surface area contributed by atoms with Gasteiger partial charge in [-0.25, -0.2) is 13.1 Å². The van der Waals surface area contributed by atoms with E-state index in [0.717, 1.165) is 19.1 Å². The van der Waals surface area contributed by atoms with E-state index >= 15 is 0 Å². The summed E-state index contributed by atoms with van der Waals surface area (Å²) in [4.78, 5) is 14.0. The van der Waals surface area contributed by atoms with Gasteiger partial charge in [-0.15, -0.1) is 0 Å². The second-order valence-corrected chi connectivity index (χ2v) is 7.12. The van der Waals surface area contributed by atoms with Crippen LogP contribution < -0.4 is 4.72 Å². The zero-order chi connectivity index (χ0) is 14.8. The molecule has 1 fully saturated rings. The van der Waals surface area contributed by atoms with E-state index in [1.807, 2.05) is 0 Å². The minimum Gasteiger partial charge on any atom is -0.456 e. The highest BCUT2D eigenvalue weighted by atomic mass is 32.2. The third-order valence-electron chi connectivity index (χ3n) is 3.39. The minimum absolute atomic E-state index is 0.123. The molecule has 1 aliphatic heterocycles. The lowest BCUT2D eigenvalue weighted by Gasteiger charge is -2.32. The third-order valence-corrected chi connectivity index (χ3v) is 4.08. The molecule has 0 saturated carbocycles. The first-order valence-corrected chi connectivity index (χ1v) is 8.54. The van der Waals surface area contributed by atoms with E-state index in [2.05, 4.69) is 4.72 Å². The molecule has 0 aliphatic carbocycles. The third kappa shape index (κ3) is 4.08. The predicted molar refractivity (Wildman–Crippen MR) is 74.9 cm³/mol. The molecule has 0 aromatic carbocycles. The van der Waals surface area contributed by atoms with Gasteiger partial charge in [0.05, 0.1) is 6.26 Å². The van der Waals surface area contributed by atoms with Gasteiger partial charge in [-0.05, 0) is 37.8 Å². The number of sulfonamides is 1. The summed E-state index contributed by atoms with van der Waals surface area (Å²) >= 11 is 0. The molecule has 1 atom stereocenters. The highest BCUT2D eigenvalue weighted by Crippen LogP contribution is 2.19. The second-order valence-electron chi connectivity index (χ2n) is 5.29. The number of piperidine rings is 1. The summed E-state index contributed by atoms with van der Waals surface area (Å²) in [6.07, 6.45) is 2.94. The minimum atomic E-state index is -3.18. The van der Waals surface area contributed by atoms with Crippen molar-refractivity contribution >= 4 is 15.9 Å². The average Bonchev–Trinajstić information content (AvgIpc) is 2.82. The van der Waals surface area contributed by atoms with E-state index in [9.17, 15) is 13.2 Å². The molecule has 1 aliphatic rings. The molecule has 0 bridgehead atoms. The van der Waals surface area contributed by atoms with E-state index < -0.39 is 10.0 Å². The van der Waals surface area contributed by atoms with Crippen LogP contribution in [-0.2, 0) is 10.0 Å². The number of amides is 1. The zero-order valence-corrected chi connectivity index (χ0v) is 12.6. The topological polar surface area (TPSA) is 79.6 Å². The second kappa shape index (κ2) is 5.97. The van der Waals surface area contributed by atoms with Crippen LogP contribution in [0.3, 0.4) is 0 Å². The van der Waals surface area contributed by atoms with Gasteiger partial charge in [0.15, 0.2) is 5.76 Å². The Kier molecular flexibility index (Phi) is 4.49. The monoisotopic (exact) mass is 300 g/mol. The fraction of sp³-hybridized carbons (Fsp3) is 0.615. The Morgan fingerprint density at radius 3 is 2.85 bits per heavy atom. The van der Waals surface area contributed by atoms with E-state index in [1.165, 1.54) is 0 Å². The fourth-order valence-electron chi connectivity index (χ4n) is 2.39. The van der Waals surface area contributed by atoms with Crippen LogP contribution in [0.15, 0.2) is 16.5 Å². The van der Waals surface area contributed by atoms with Crippen LogP contribution in [-0.4, -0.2) is 45.1 Å². The molecule has 1 aromatic heterocycles. The first-order chi connectivity index (χ1) is 9.35. The van der Waals surface area contributed by atoms with Crippen LogP contribution in [0.5, 0.6) is 0 Å². The molecule has 0 radical (unpaired) electrons. The van der Waals surface area contributed by atoms with Gasteiger partial charge in [0, 0.05) is 19.6 Å². The number of nitrogens with one attached hydrogen (secondary N) is 1. The number of rotatable bonds is 4. The van der Waals surface area contributed by atoms with Gasteiger partial charge in [-0.1, -0.05) is 0 Å². The van der Waals surface area contributed by atoms with Gasteiger partial charge < -0.3 is 9.32 Å². The Balaban J connectivity index is 1.94. The summed E-state index contributed by atoms with van der Waals surface area (Å²) in [6, 6.07) is 3.44. The summed E-state index contributed by atoms with van der Waals surface area (Å²) in [5.74, 6) is 1.08. The van der Waals surface area contributed by atoms with Crippen molar-refractivity contribution in [3.63, 3.8) is 0 Å². The van der Waals surface area contributed by atoms with Gasteiger partial charge >= 0.3 is 0 Å². The van der Waals surface area contributed by atoms with Crippen molar-refractivity contribution in [1.82, 2.24) is 9.62 Å². The van der Waals surface area contributed by atoms with Crippen molar-refractivity contribution in [2.24, 2.45) is 5.92 Å². The van der Waals surface area contributed by atoms with Crippen molar-refractivity contribution < 1.29 is 17.6 Å². The van der Waals surface area contributed by atoms with Crippen LogP contribution in [0.2, 0.25) is 0 Å². The van der Waals surface area contributed by atoms with Crippen LogP contribution in [0.25, 0.3) is 0 Å². The predicted octanol–water partition coefficient (Wildman–Crippen LogP) is 0.989. The number of hydrogen-bond donors (Lipinski definition) is 1. The van der Waals surface area contributed by atoms with E-state index in [4.69, 9.17) is 4.42 Å². The molecule has 7 heteroatoms. The maximum Gasteiger partial charge on any atom is 0.289 e. The van der Waals surface area contributed by atoms with Crippen molar-refractivity contribution in [1.29, 1.82) is 0 Å². The van der Waals surface area contributed by atoms with Gasteiger partial charge in [0.25, 0.3) is 5.91 Å². The van der Waals surface area contributed by atoms with Gasteiger partial charge in [-0.2, -0.15) is 0 Å². The Bertz CT molecular complexity index is 579. The summed E-state index contributed by atoms with van der Waals surface area (Å²) in [5.41, 5.74) is 0. The molecule has 1 saturated heterocycles. The normalized spacial score (nSPS) is 20.1. The maximum absolute atomic E-state index is 12.3. The lowest BCUT2D eigenvalue weighted by atomic mass is 9.98. The molecule has 2 rings (SSSR count). The molecule has 1 aromatic rings. The van der Waals surface area contributed by atoms with E-state index in [0.29, 0.717) is 31.2 Å². The molecule has 6 nitrogen and oxygen atoms in total. The number of carbonyl (C=O) groups excluding carboxylic acids is 1. The van der Waals surface area contributed by atoms with Crippen molar-refractivity contribution in [3.8, 4) is 0 Å². The molecule has 0 unspecified atom stereocenters. The van der Waals surface area contributed by atoms with Crippen LogP contribution in [0.1, 0.15) is 29.2 Å². The highest BCUT2D eigenvalue weighted by Gasteiger charge is 2.26. The summed E-state index contributed by atoms with van der Waals surface area (Å²) in [6.45, 7) is 3.42. The number of nitrogens with zero attached hydrogens (tertiary/aromatic N) is 1. The molecule has 0 spiro atoms. The molecule has 2 heterocycles. The Labute approximate surface area is 119 Å². The van der Waals surface area contributed by atoms with E-state index in [-0.39, 0.29) is 11.8 Å². The summed E-state index contributed by atoms with van der Waals surface area (Å²) in [5, 5.41) is 0. The summed E-state index contributed by atoms with van der Waals surface area (Å²) in [7, 11) is -3.18. The molecule has 112 valence electrons. The Morgan fingerprint density at radius 1 is 1.50 bits per heavy atom. The number of furan rings is 1. The summed E-state index contributed by atoms with van der Waals surface area (Å²) < 4.78 is 30.1. The van der Waals surface area contributed by atoms with Gasteiger partial charge in [-0.3, -0.25) is 4.79 Å². The molecular weight excluding hydrogens is 280 g/mol. The quantitative estimate of drug-likeness (QED) is 0.899. The van der Waals surface area contributed by atoms with Crippen molar-refractivity contribution in [2.75, 3.05) is 25.9 Å². The van der Waals surface area contributed by atoms with Crippen LogP contribution in [0.4, 0.5) is 0 Å². The van der Waals surface area contributed by atoms with Gasteiger partial charge in [0.2, 0.25) is 10.0 Å². The first-order valence-electron chi connectivity index (χ1n) is 6.65. The highest BCUT2D eigenvalue weighted by molar-refractivity contribution is 7.88. The fourth-order valence-corrected chi connectivity index (χ4v) is 2.93. The number of likely N-dealkylation sites (tertiary alicyclic amines) is 1. The van der Waals surface area contributed by atoms with Crippen molar-refractivity contribution in [2.45, 2.75) is 19.8 Å². The Morgan fingerprint density at radius 2 is 2.25 bits per heavy atom. The van der Waals surface area contributed by atoms with Crippen molar-refractivity contribution in [3.05, 3.63) is 23.7 Å². The standard InChI is InChI=1S/C13H20N2O4S/c1-10-5-6-12(19-10)13(16)15-7-3-4-11(9-15)8-14-20(2,17)18/h5-6,11,14H,3-4,7-9H2,1-2H3/t11-/m1/s1. The maximum atomic E-state index is 12.3. The van der Waals surface area contributed by atoms with Crippen LogP contribution in [0, 0.1) is 12.8 Å². The Hall–Kier alpha value is -1.34. The molecule has 1 N–H and O–H groups in total. The average molecular weight is 300 g/mol. The van der Waals surface area contributed by atoms with E-state index in [1.54, 1.807) is 24.0 Å². The van der Waals surface area contributed by atoms with Crippen LogP contribution >= 0.6 is 0 Å². The lowest BCUT2D eigenvalue weighted by molar-refractivity contribution is 0.0643. The largest absolute Gasteiger partial charge is 0.456 e. The number of hydrogen-bond acceptors (Lipinski definition) is 4. The smallest absolute Gasteiger partial charge is 0.289 e. The molecule has 1 amide bonds. The van der Waals surface area contributed by atoms with Gasteiger partial charge in [0.1, 0.15) is 5.76 Å². The number of aryl methyl sites for hydroxylation is 1. The molecular formula is C13H20N2O4S. The SMILES string of the molecule is Cc1ccc(C(=O)N2CCC[C@H](CNS(C)(=O)=O)C2)o1.